The third-order valence-corrected chi connectivity index (χ3v) is 4.22. The molecular formula is C15H19FN4S. The Bertz CT molecular complexity index is 559. The van der Waals surface area contributed by atoms with Crippen molar-refractivity contribution in [1.82, 2.24) is 5.32 Å². The Hall–Kier alpha value is -1.74. The molecule has 0 bridgehead atoms. The minimum atomic E-state index is -0.261. The molecule has 0 aromatic heterocycles. The SMILES string of the molecule is CSC(=Nc1ccc(N2CCC(C)CC2)c(F)c1)NC#N. The van der Waals surface area contributed by atoms with Gasteiger partial charge < -0.3 is 4.90 Å². The standard InChI is InChI=1S/C15H19FN4S/c1-11-5-7-20(8-6-11)14-4-3-12(9-13(14)16)19-15(21-2)18-10-17/h3-4,9,11H,5-8H2,1-2H3,(H,18,19). The van der Waals surface area contributed by atoms with Crippen molar-refractivity contribution >= 4 is 28.3 Å². The maximum Gasteiger partial charge on any atom is 0.183 e. The first-order chi connectivity index (χ1) is 10.1. The summed E-state index contributed by atoms with van der Waals surface area (Å²) in [6.45, 7) is 4.02. The van der Waals surface area contributed by atoms with E-state index in [-0.39, 0.29) is 5.82 Å². The molecule has 0 spiro atoms. The van der Waals surface area contributed by atoms with E-state index in [9.17, 15) is 4.39 Å². The molecule has 0 radical (unpaired) electrons. The van der Waals surface area contributed by atoms with Gasteiger partial charge in [-0.15, -0.1) is 0 Å². The molecular weight excluding hydrogens is 287 g/mol. The Kier molecular flexibility index (Phi) is 5.45. The van der Waals surface area contributed by atoms with Gasteiger partial charge in [0, 0.05) is 19.2 Å². The summed E-state index contributed by atoms with van der Waals surface area (Å²) in [5.74, 6) is 0.456. The average Bonchev–Trinajstić information content (AvgIpc) is 2.48. The first-order valence-electron chi connectivity index (χ1n) is 6.96. The van der Waals surface area contributed by atoms with Crippen molar-refractivity contribution in [3.63, 3.8) is 0 Å². The molecule has 1 aliphatic rings. The summed E-state index contributed by atoms with van der Waals surface area (Å²) in [6, 6.07) is 4.98. The number of benzene rings is 1. The van der Waals surface area contributed by atoms with Crippen LogP contribution in [0.3, 0.4) is 0 Å². The van der Waals surface area contributed by atoms with Crippen LogP contribution < -0.4 is 10.2 Å². The van der Waals surface area contributed by atoms with Crippen LogP contribution in [-0.4, -0.2) is 24.5 Å². The molecule has 1 heterocycles. The summed E-state index contributed by atoms with van der Waals surface area (Å²) in [5, 5.41) is 11.5. The normalized spacial score (nSPS) is 16.7. The molecule has 0 aliphatic carbocycles. The Morgan fingerprint density at radius 2 is 2.19 bits per heavy atom. The van der Waals surface area contributed by atoms with Gasteiger partial charge in [-0.1, -0.05) is 18.7 Å². The molecule has 4 nitrogen and oxygen atoms in total. The number of aliphatic imine (C=N–C) groups is 1. The maximum atomic E-state index is 14.3. The topological polar surface area (TPSA) is 51.4 Å². The van der Waals surface area contributed by atoms with Crippen molar-refractivity contribution < 1.29 is 4.39 Å². The van der Waals surface area contributed by atoms with E-state index in [1.54, 1.807) is 12.1 Å². The van der Waals surface area contributed by atoms with Gasteiger partial charge in [0.2, 0.25) is 0 Å². The number of piperidine rings is 1. The lowest BCUT2D eigenvalue weighted by molar-refractivity contribution is 0.434. The molecule has 0 saturated carbocycles. The third kappa shape index (κ3) is 4.11. The second-order valence-corrected chi connectivity index (χ2v) is 5.96. The summed E-state index contributed by atoms with van der Waals surface area (Å²) in [7, 11) is 0. The van der Waals surface area contributed by atoms with E-state index in [1.807, 2.05) is 12.4 Å². The third-order valence-electron chi connectivity index (χ3n) is 3.64. The number of thioether (sulfide) groups is 1. The highest BCUT2D eigenvalue weighted by Crippen LogP contribution is 2.28. The molecule has 112 valence electrons. The van der Waals surface area contributed by atoms with Crippen LogP contribution in [0.4, 0.5) is 15.8 Å². The zero-order chi connectivity index (χ0) is 15.2. The summed E-state index contributed by atoms with van der Waals surface area (Å²) >= 11 is 1.31. The first kappa shape index (κ1) is 15.6. The highest BCUT2D eigenvalue weighted by atomic mass is 32.2. The summed E-state index contributed by atoms with van der Waals surface area (Å²) < 4.78 is 14.3. The molecule has 1 saturated heterocycles. The molecule has 1 N–H and O–H groups in total. The molecule has 1 fully saturated rings. The number of nitrogens with zero attached hydrogens (tertiary/aromatic N) is 3. The summed E-state index contributed by atoms with van der Waals surface area (Å²) in [4.78, 5) is 6.30. The predicted octanol–water partition coefficient (Wildman–Crippen LogP) is 3.48. The second-order valence-electron chi connectivity index (χ2n) is 5.16. The van der Waals surface area contributed by atoms with Crippen LogP contribution in [-0.2, 0) is 0 Å². The number of nitriles is 1. The van der Waals surface area contributed by atoms with Crippen molar-refractivity contribution in [3.05, 3.63) is 24.0 Å². The lowest BCUT2D eigenvalue weighted by Crippen LogP contribution is -2.33. The zero-order valence-corrected chi connectivity index (χ0v) is 13.1. The molecule has 21 heavy (non-hydrogen) atoms. The fourth-order valence-electron chi connectivity index (χ4n) is 2.36. The van der Waals surface area contributed by atoms with Gasteiger partial charge in [0.15, 0.2) is 11.4 Å². The van der Waals surface area contributed by atoms with Gasteiger partial charge in [0.1, 0.15) is 5.82 Å². The summed E-state index contributed by atoms with van der Waals surface area (Å²) in [6.07, 6.45) is 5.82. The minimum Gasteiger partial charge on any atom is -0.369 e. The largest absolute Gasteiger partial charge is 0.369 e. The molecule has 1 aliphatic heterocycles. The highest BCUT2D eigenvalue weighted by Gasteiger charge is 2.18. The van der Waals surface area contributed by atoms with Crippen molar-refractivity contribution in [2.75, 3.05) is 24.2 Å². The number of hydrogen-bond acceptors (Lipinski definition) is 4. The molecule has 6 heteroatoms. The van der Waals surface area contributed by atoms with E-state index in [4.69, 9.17) is 5.26 Å². The Morgan fingerprint density at radius 1 is 1.48 bits per heavy atom. The van der Waals surface area contributed by atoms with Crippen LogP contribution in [0.2, 0.25) is 0 Å². The van der Waals surface area contributed by atoms with Crippen LogP contribution in [0.1, 0.15) is 19.8 Å². The van der Waals surface area contributed by atoms with Crippen molar-refractivity contribution in [3.8, 4) is 6.19 Å². The van der Waals surface area contributed by atoms with Gasteiger partial charge in [0.05, 0.1) is 11.4 Å². The van der Waals surface area contributed by atoms with Crippen molar-refractivity contribution in [2.24, 2.45) is 10.9 Å². The predicted molar refractivity (Wildman–Crippen MR) is 86.4 cm³/mol. The lowest BCUT2D eigenvalue weighted by atomic mass is 9.99. The van der Waals surface area contributed by atoms with Gasteiger partial charge in [0.25, 0.3) is 0 Å². The van der Waals surface area contributed by atoms with Crippen LogP contribution in [0.5, 0.6) is 0 Å². The molecule has 0 unspecified atom stereocenters. The number of amidine groups is 1. The number of halogens is 1. The summed E-state index contributed by atoms with van der Waals surface area (Å²) in [5.41, 5.74) is 1.15. The van der Waals surface area contributed by atoms with Gasteiger partial charge >= 0.3 is 0 Å². The van der Waals surface area contributed by atoms with Gasteiger partial charge in [-0.2, -0.15) is 5.26 Å². The van der Waals surface area contributed by atoms with Crippen LogP contribution in [0, 0.1) is 23.2 Å². The van der Waals surface area contributed by atoms with E-state index in [2.05, 4.69) is 22.1 Å². The monoisotopic (exact) mass is 306 g/mol. The van der Waals surface area contributed by atoms with Crippen LogP contribution in [0.25, 0.3) is 0 Å². The zero-order valence-electron chi connectivity index (χ0n) is 12.3. The first-order valence-corrected chi connectivity index (χ1v) is 8.18. The van der Waals surface area contributed by atoms with E-state index >= 15 is 0 Å². The number of hydrogen-bond donors (Lipinski definition) is 1. The lowest BCUT2D eigenvalue weighted by Gasteiger charge is -2.32. The van der Waals surface area contributed by atoms with Gasteiger partial charge in [-0.05, 0) is 37.1 Å². The number of anilines is 1. The molecule has 1 aromatic carbocycles. The highest BCUT2D eigenvalue weighted by molar-refractivity contribution is 8.13. The van der Waals surface area contributed by atoms with Crippen LogP contribution >= 0.6 is 11.8 Å². The van der Waals surface area contributed by atoms with Gasteiger partial charge in [-0.25, -0.2) is 9.38 Å². The van der Waals surface area contributed by atoms with E-state index in [0.717, 1.165) is 31.8 Å². The van der Waals surface area contributed by atoms with Crippen molar-refractivity contribution in [2.45, 2.75) is 19.8 Å². The minimum absolute atomic E-state index is 0.261. The second kappa shape index (κ2) is 7.32. The number of rotatable bonds is 2. The Balaban J connectivity index is 2.16. The Morgan fingerprint density at radius 3 is 2.76 bits per heavy atom. The van der Waals surface area contributed by atoms with Crippen LogP contribution in [0.15, 0.2) is 23.2 Å². The van der Waals surface area contributed by atoms with E-state index in [0.29, 0.717) is 16.5 Å². The molecule has 2 rings (SSSR count). The van der Waals surface area contributed by atoms with E-state index < -0.39 is 0 Å². The average molecular weight is 306 g/mol. The van der Waals surface area contributed by atoms with E-state index in [1.165, 1.54) is 17.8 Å². The fraction of sp³-hybridized carbons (Fsp3) is 0.467. The maximum absolute atomic E-state index is 14.3. The fourth-order valence-corrected chi connectivity index (χ4v) is 2.71. The molecule has 0 amide bonds. The smallest absolute Gasteiger partial charge is 0.183 e. The molecule has 1 aromatic rings. The Labute approximate surface area is 129 Å². The molecule has 0 atom stereocenters. The van der Waals surface area contributed by atoms with Crippen molar-refractivity contribution in [1.29, 1.82) is 5.26 Å². The van der Waals surface area contributed by atoms with Gasteiger partial charge in [-0.3, -0.25) is 5.32 Å². The number of nitrogens with one attached hydrogen (secondary N) is 1. The quantitative estimate of drug-likeness (QED) is 0.393.